The summed E-state index contributed by atoms with van der Waals surface area (Å²) in [4.78, 5) is 25.6. The Hall–Kier alpha value is -2.65. The van der Waals surface area contributed by atoms with Gasteiger partial charge in [0.1, 0.15) is 5.00 Å². The number of carbonyl (C=O) groups excluding carboxylic acids is 2. The van der Waals surface area contributed by atoms with Crippen molar-refractivity contribution in [3.63, 3.8) is 0 Å². The van der Waals surface area contributed by atoms with Crippen LogP contribution in [0.4, 0.5) is 5.00 Å². The van der Waals surface area contributed by atoms with E-state index < -0.39 is 5.91 Å². The van der Waals surface area contributed by atoms with Gasteiger partial charge in [0.05, 0.1) is 5.56 Å². The van der Waals surface area contributed by atoms with Crippen molar-refractivity contribution in [3.8, 4) is 11.5 Å². The first-order valence-corrected chi connectivity index (χ1v) is 10.1. The normalized spacial score (nSPS) is 17.0. The number of anilines is 1. The molecule has 0 saturated heterocycles. The Morgan fingerprint density at radius 3 is 2.86 bits per heavy atom. The molecule has 1 atom stereocenters. The van der Waals surface area contributed by atoms with E-state index in [1.165, 1.54) is 11.3 Å². The smallest absolute Gasteiger partial charge is 0.257 e. The van der Waals surface area contributed by atoms with Crippen LogP contribution in [0.2, 0.25) is 0 Å². The molecule has 4 N–H and O–H groups in total. The maximum Gasteiger partial charge on any atom is 0.257 e. The Morgan fingerprint density at radius 1 is 1.29 bits per heavy atom. The highest BCUT2D eigenvalue weighted by Gasteiger charge is 2.27. The third-order valence-electron chi connectivity index (χ3n) is 4.85. The third-order valence-corrected chi connectivity index (χ3v) is 6.22. The summed E-state index contributed by atoms with van der Waals surface area (Å²) < 4.78 is 10.5. The lowest BCUT2D eigenvalue weighted by Gasteiger charge is -2.18. The SMILES string of the molecule is C[C@@H]1CCc2c(sc(NC(=S)NC(=O)c3ccc4c(c3)OCO4)c2C(N)=O)C1. The number of thiophene rings is 1. The molecule has 1 aromatic carbocycles. The number of nitrogens with two attached hydrogens (primary N) is 1. The number of benzene rings is 1. The minimum Gasteiger partial charge on any atom is -0.454 e. The molecule has 2 aliphatic rings. The molecule has 2 aromatic rings. The lowest BCUT2D eigenvalue weighted by molar-refractivity contribution is 0.0975. The molecule has 0 fully saturated rings. The number of ether oxygens (including phenoxy) is 2. The van der Waals surface area contributed by atoms with Crippen molar-refractivity contribution in [2.75, 3.05) is 12.1 Å². The fourth-order valence-electron chi connectivity index (χ4n) is 3.45. The van der Waals surface area contributed by atoms with Gasteiger partial charge < -0.3 is 20.5 Å². The summed E-state index contributed by atoms with van der Waals surface area (Å²) in [5, 5.41) is 6.30. The van der Waals surface area contributed by atoms with Crippen LogP contribution in [-0.2, 0) is 12.8 Å². The fourth-order valence-corrected chi connectivity index (χ4v) is 5.13. The Bertz CT molecular complexity index is 986. The molecular weight excluding hydrogens is 398 g/mol. The van der Waals surface area contributed by atoms with Crippen molar-refractivity contribution < 1.29 is 19.1 Å². The van der Waals surface area contributed by atoms with Crippen LogP contribution in [0.25, 0.3) is 0 Å². The van der Waals surface area contributed by atoms with Crippen LogP contribution < -0.4 is 25.8 Å². The second-order valence-electron chi connectivity index (χ2n) is 6.90. The summed E-state index contributed by atoms with van der Waals surface area (Å²) in [6, 6.07) is 4.90. The van der Waals surface area contributed by atoms with Gasteiger partial charge in [-0.2, -0.15) is 0 Å². The average molecular weight is 418 g/mol. The fraction of sp³-hybridized carbons (Fsp3) is 0.316. The second kappa shape index (κ2) is 7.40. The minimum absolute atomic E-state index is 0.108. The summed E-state index contributed by atoms with van der Waals surface area (Å²) in [5.74, 6) is 0.813. The molecule has 1 aliphatic heterocycles. The number of amides is 2. The minimum atomic E-state index is -0.487. The van der Waals surface area contributed by atoms with E-state index >= 15 is 0 Å². The molecule has 0 spiro atoms. The van der Waals surface area contributed by atoms with Gasteiger partial charge in [0.25, 0.3) is 11.8 Å². The number of rotatable bonds is 3. The summed E-state index contributed by atoms with van der Waals surface area (Å²) in [6.07, 6.45) is 2.76. The van der Waals surface area contributed by atoms with Crippen LogP contribution in [0.5, 0.6) is 11.5 Å². The molecular formula is C19H19N3O4S2. The van der Waals surface area contributed by atoms with E-state index in [4.69, 9.17) is 27.4 Å². The number of fused-ring (bicyclic) bond motifs is 2. The van der Waals surface area contributed by atoms with Crippen LogP contribution in [-0.4, -0.2) is 23.7 Å². The monoisotopic (exact) mass is 417 g/mol. The molecule has 4 rings (SSSR count). The number of carbonyl (C=O) groups is 2. The van der Waals surface area contributed by atoms with E-state index in [0.29, 0.717) is 33.5 Å². The summed E-state index contributed by atoms with van der Waals surface area (Å²) in [7, 11) is 0. The van der Waals surface area contributed by atoms with E-state index in [-0.39, 0.29) is 17.8 Å². The quantitative estimate of drug-likeness (QED) is 0.664. The molecule has 7 nitrogen and oxygen atoms in total. The van der Waals surface area contributed by atoms with Crippen molar-refractivity contribution in [3.05, 3.63) is 39.8 Å². The van der Waals surface area contributed by atoms with E-state index in [2.05, 4.69) is 17.6 Å². The number of nitrogens with one attached hydrogen (secondary N) is 2. The Morgan fingerprint density at radius 2 is 2.07 bits per heavy atom. The van der Waals surface area contributed by atoms with E-state index in [1.54, 1.807) is 18.2 Å². The first kappa shape index (κ1) is 18.7. The molecule has 146 valence electrons. The molecule has 2 heterocycles. The Kier molecular flexibility index (Phi) is 4.94. The van der Waals surface area contributed by atoms with E-state index in [9.17, 15) is 9.59 Å². The van der Waals surface area contributed by atoms with Gasteiger partial charge in [0, 0.05) is 10.4 Å². The predicted molar refractivity (Wildman–Crippen MR) is 110 cm³/mol. The van der Waals surface area contributed by atoms with Gasteiger partial charge in [-0.1, -0.05) is 6.92 Å². The van der Waals surface area contributed by atoms with Crippen LogP contribution in [0, 0.1) is 5.92 Å². The Labute approximate surface area is 171 Å². The van der Waals surface area contributed by atoms with Gasteiger partial charge in [-0.25, -0.2) is 0 Å². The first-order chi connectivity index (χ1) is 13.4. The number of hydrogen-bond acceptors (Lipinski definition) is 6. The van der Waals surface area contributed by atoms with Crippen LogP contribution >= 0.6 is 23.6 Å². The van der Waals surface area contributed by atoms with Gasteiger partial charge in [0.2, 0.25) is 6.79 Å². The van der Waals surface area contributed by atoms with Gasteiger partial charge in [-0.3, -0.25) is 14.9 Å². The summed E-state index contributed by atoms with van der Waals surface area (Å²) in [6.45, 7) is 2.33. The highest BCUT2D eigenvalue weighted by molar-refractivity contribution is 7.80. The molecule has 1 aromatic heterocycles. The number of thiocarbonyl (C=S) groups is 1. The molecule has 9 heteroatoms. The maximum absolute atomic E-state index is 12.5. The summed E-state index contributed by atoms with van der Waals surface area (Å²) >= 11 is 6.75. The van der Waals surface area contributed by atoms with Crippen LogP contribution in [0.15, 0.2) is 18.2 Å². The van der Waals surface area contributed by atoms with Crippen LogP contribution in [0.3, 0.4) is 0 Å². The van der Waals surface area contributed by atoms with Gasteiger partial charge in [0.15, 0.2) is 16.6 Å². The van der Waals surface area contributed by atoms with Crippen molar-refractivity contribution in [2.24, 2.45) is 11.7 Å². The van der Waals surface area contributed by atoms with E-state index in [1.807, 2.05) is 0 Å². The second-order valence-corrected chi connectivity index (χ2v) is 8.41. The molecule has 2 amide bonds. The number of primary amides is 1. The maximum atomic E-state index is 12.5. The molecule has 0 saturated carbocycles. The van der Waals surface area contributed by atoms with Crippen molar-refractivity contribution in [1.29, 1.82) is 0 Å². The molecule has 0 radical (unpaired) electrons. The van der Waals surface area contributed by atoms with Gasteiger partial charge in [-0.05, 0) is 61.2 Å². The predicted octanol–water partition coefficient (Wildman–Crippen LogP) is 2.83. The van der Waals surface area contributed by atoms with Crippen molar-refractivity contribution in [1.82, 2.24) is 5.32 Å². The van der Waals surface area contributed by atoms with Gasteiger partial charge in [-0.15, -0.1) is 11.3 Å². The third kappa shape index (κ3) is 3.55. The molecule has 0 unspecified atom stereocenters. The van der Waals surface area contributed by atoms with Gasteiger partial charge >= 0.3 is 0 Å². The lowest BCUT2D eigenvalue weighted by atomic mass is 9.88. The largest absolute Gasteiger partial charge is 0.454 e. The number of hydrogen-bond donors (Lipinski definition) is 3. The highest BCUT2D eigenvalue weighted by atomic mass is 32.1. The zero-order chi connectivity index (χ0) is 19.8. The Balaban J connectivity index is 1.49. The standard InChI is InChI=1S/C19H19N3O4S2/c1-9-2-4-11-14(6-9)28-18(15(11)16(20)23)22-19(27)21-17(24)10-3-5-12-13(7-10)26-8-25-12/h3,5,7,9H,2,4,6,8H2,1H3,(H2,20,23)(H2,21,22,24,27)/t9-/m1/s1. The first-order valence-electron chi connectivity index (χ1n) is 8.88. The summed E-state index contributed by atoms with van der Waals surface area (Å²) in [5.41, 5.74) is 7.48. The molecule has 0 bridgehead atoms. The van der Waals surface area contributed by atoms with Crippen molar-refractivity contribution >= 4 is 45.5 Å². The van der Waals surface area contributed by atoms with E-state index in [0.717, 1.165) is 29.7 Å². The molecule has 28 heavy (non-hydrogen) atoms. The average Bonchev–Trinajstić information content (AvgIpc) is 3.24. The zero-order valence-corrected chi connectivity index (χ0v) is 16.8. The molecule has 1 aliphatic carbocycles. The topological polar surface area (TPSA) is 103 Å². The lowest BCUT2D eigenvalue weighted by Crippen LogP contribution is -2.34. The van der Waals surface area contributed by atoms with Crippen LogP contribution in [0.1, 0.15) is 44.5 Å². The zero-order valence-electron chi connectivity index (χ0n) is 15.2. The highest BCUT2D eigenvalue weighted by Crippen LogP contribution is 2.39. The van der Waals surface area contributed by atoms with Crippen molar-refractivity contribution in [2.45, 2.75) is 26.2 Å².